The van der Waals surface area contributed by atoms with Crippen molar-refractivity contribution in [1.82, 2.24) is 5.32 Å². The molecule has 2 aliphatic rings. The topological polar surface area (TPSA) is 21.3 Å². The van der Waals surface area contributed by atoms with Crippen molar-refractivity contribution in [2.45, 2.75) is 50.3 Å². The number of halogens is 2. The van der Waals surface area contributed by atoms with Gasteiger partial charge in [-0.1, -0.05) is 15.9 Å². The van der Waals surface area contributed by atoms with Gasteiger partial charge in [-0.15, -0.1) is 0 Å². The second-order valence-corrected chi connectivity index (χ2v) is 6.55. The first kappa shape index (κ1) is 13.5. The first-order chi connectivity index (χ1) is 9.17. The molecule has 3 rings (SSSR count). The quantitative estimate of drug-likeness (QED) is 0.912. The number of benzene rings is 1. The van der Waals surface area contributed by atoms with Gasteiger partial charge in [0.25, 0.3) is 0 Å². The number of hydrogen-bond donors (Lipinski definition) is 1. The molecule has 2 fully saturated rings. The molecule has 1 aromatic carbocycles. The van der Waals surface area contributed by atoms with Gasteiger partial charge in [0, 0.05) is 23.7 Å². The summed E-state index contributed by atoms with van der Waals surface area (Å²) in [6, 6.07) is 5.33. The second kappa shape index (κ2) is 5.51. The van der Waals surface area contributed by atoms with E-state index in [1.165, 1.54) is 25.3 Å². The molecular formula is C15H19BrFNO. The van der Waals surface area contributed by atoms with Crippen LogP contribution in [0.15, 0.2) is 22.7 Å². The van der Waals surface area contributed by atoms with E-state index in [-0.39, 0.29) is 11.4 Å². The Morgan fingerprint density at radius 2 is 2.26 bits per heavy atom. The fraction of sp³-hybridized carbons (Fsp3) is 0.600. The van der Waals surface area contributed by atoms with Crippen LogP contribution in [-0.4, -0.2) is 18.2 Å². The number of rotatable bonds is 3. The van der Waals surface area contributed by atoms with Crippen molar-refractivity contribution >= 4 is 15.9 Å². The van der Waals surface area contributed by atoms with E-state index >= 15 is 0 Å². The Bertz CT molecular complexity index is 461. The standard InChI is InChI=1S/C15H19BrFNO/c16-14-3-2-12(17)8-11(14)10-18-13-4-7-19-15(9-13)5-1-6-15/h2-3,8,13,18H,1,4-7,9-10H2. The van der Waals surface area contributed by atoms with Gasteiger partial charge in [0.15, 0.2) is 0 Å². The maximum Gasteiger partial charge on any atom is 0.123 e. The zero-order valence-electron chi connectivity index (χ0n) is 10.9. The van der Waals surface area contributed by atoms with Gasteiger partial charge in [-0.05, 0) is 55.9 Å². The summed E-state index contributed by atoms with van der Waals surface area (Å²) in [5, 5.41) is 3.55. The monoisotopic (exact) mass is 327 g/mol. The van der Waals surface area contributed by atoms with Crippen molar-refractivity contribution in [2.24, 2.45) is 0 Å². The van der Waals surface area contributed by atoms with Gasteiger partial charge in [-0.25, -0.2) is 4.39 Å². The molecule has 104 valence electrons. The third kappa shape index (κ3) is 3.01. The molecule has 0 aromatic heterocycles. The second-order valence-electron chi connectivity index (χ2n) is 5.69. The van der Waals surface area contributed by atoms with E-state index in [2.05, 4.69) is 21.2 Å². The van der Waals surface area contributed by atoms with Crippen molar-refractivity contribution in [3.05, 3.63) is 34.1 Å². The molecule has 4 heteroatoms. The molecule has 1 spiro atoms. The molecule has 1 saturated heterocycles. The summed E-state index contributed by atoms with van der Waals surface area (Å²) >= 11 is 3.47. The first-order valence-electron chi connectivity index (χ1n) is 6.98. The lowest BCUT2D eigenvalue weighted by Crippen LogP contribution is -2.50. The normalized spacial score (nSPS) is 25.3. The fourth-order valence-electron chi connectivity index (χ4n) is 3.05. The van der Waals surface area contributed by atoms with Crippen molar-refractivity contribution in [3.63, 3.8) is 0 Å². The minimum absolute atomic E-state index is 0.162. The Balaban J connectivity index is 1.58. The zero-order valence-corrected chi connectivity index (χ0v) is 12.5. The van der Waals surface area contributed by atoms with Crippen LogP contribution in [0.1, 0.15) is 37.7 Å². The molecule has 2 nitrogen and oxygen atoms in total. The van der Waals surface area contributed by atoms with Gasteiger partial charge >= 0.3 is 0 Å². The third-order valence-corrected chi connectivity index (χ3v) is 5.12. The Morgan fingerprint density at radius 1 is 1.42 bits per heavy atom. The van der Waals surface area contributed by atoms with Crippen molar-refractivity contribution < 1.29 is 9.13 Å². The summed E-state index contributed by atoms with van der Waals surface area (Å²) in [5.41, 5.74) is 1.14. The highest BCUT2D eigenvalue weighted by Gasteiger charge is 2.42. The molecule has 1 saturated carbocycles. The van der Waals surface area contributed by atoms with E-state index in [0.29, 0.717) is 12.6 Å². The van der Waals surface area contributed by atoms with Gasteiger partial charge in [0.2, 0.25) is 0 Å². The summed E-state index contributed by atoms with van der Waals surface area (Å²) in [5.74, 6) is -0.178. The van der Waals surface area contributed by atoms with Gasteiger partial charge in [-0.2, -0.15) is 0 Å². The number of ether oxygens (including phenoxy) is 1. The van der Waals surface area contributed by atoms with E-state index in [4.69, 9.17) is 4.74 Å². The van der Waals surface area contributed by atoms with E-state index in [1.54, 1.807) is 12.1 Å². The largest absolute Gasteiger partial charge is 0.375 e. The number of nitrogens with one attached hydrogen (secondary N) is 1. The Hall–Kier alpha value is -0.450. The number of hydrogen-bond acceptors (Lipinski definition) is 2. The van der Waals surface area contributed by atoms with Crippen LogP contribution in [0.4, 0.5) is 4.39 Å². The van der Waals surface area contributed by atoms with Crippen LogP contribution in [0.2, 0.25) is 0 Å². The highest BCUT2D eigenvalue weighted by Crippen LogP contribution is 2.42. The molecule has 0 bridgehead atoms. The van der Waals surface area contributed by atoms with Crippen LogP contribution in [-0.2, 0) is 11.3 Å². The average molecular weight is 328 g/mol. The lowest BCUT2D eigenvalue weighted by molar-refractivity contribution is -0.135. The molecule has 1 aliphatic heterocycles. The summed E-state index contributed by atoms with van der Waals surface area (Å²) in [6.07, 6.45) is 5.85. The van der Waals surface area contributed by atoms with E-state index in [0.717, 1.165) is 29.5 Å². The molecule has 0 amide bonds. The first-order valence-corrected chi connectivity index (χ1v) is 7.77. The van der Waals surface area contributed by atoms with Crippen molar-refractivity contribution in [3.8, 4) is 0 Å². The Labute approximate surface area is 121 Å². The highest BCUT2D eigenvalue weighted by molar-refractivity contribution is 9.10. The predicted octanol–water partition coefficient (Wildman–Crippen LogP) is 3.78. The van der Waals surface area contributed by atoms with Gasteiger partial charge in [0.1, 0.15) is 5.82 Å². The van der Waals surface area contributed by atoms with E-state index < -0.39 is 0 Å². The minimum Gasteiger partial charge on any atom is -0.375 e. The van der Waals surface area contributed by atoms with Crippen LogP contribution < -0.4 is 5.32 Å². The maximum atomic E-state index is 13.2. The lowest BCUT2D eigenvalue weighted by Gasteiger charge is -2.47. The van der Waals surface area contributed by atoms with Crippen molar-refractivity contribution in [1.29, 1.82) is 0 Å². The lowest BCUT2D eigenvalue weighted by atomic mass is 9.74. The summed E-state index contributed by atoms with van der Waals surface area (Å²) < 4.78 is 20.1. The van der Waals surface area contributed by atoms with Crippen LogP contribution in [0.5, 0.6) is 0 Å². The molecule has 1 heterocycles. The van der Waals surface area contributed by atoms with Gasteiger partial charge < -0.3 is 10.1 Å². The summed E-state index contributed by atoms with van der Waals surface area (Å²) in [6.45, 7) is 1.56. The zero-order chi connectivity index (χ0) is 13.3. The van der Waals surface area contributed by atoms with E-state index in [1.807, 2.05) is 0 Å². The van der Waals surface area contributed by atoms with E-state index in [9.17, 15) is 4.39 Å². The molecule has 19 heavy (non-hydrogen) atoms. The minimum atomic E-state index is -0.178. The Kier molecular flexibility index (Phi) is 3.92. The maximum absolute atomic E-state index is 13.2. The third-order valence-electron chi connectivity index (χ3n) is 4.35. The fourth-order valence-corrected chi connectivity index (χ4v) is 3.44. The van der Waals surface area contributed by atoms with Crippen LogP contribution >= 0.6 is 15.9 Å². The molecule has 1 aliphatic carbocycles. The van der Waals surface area contributed by atoms with Crippen LogP contribution in [0.25, 0.3) is 0 Å². The van der Waals surface area contributed by atoms with Gasteiger partial charge in [0.05, 0.1) is 5.60 Å². The SMILES string of the molecule is Fc1ccc(Br)c(CNC2CCOC3(CCC3)C2)c1. The smallest absolute Gasteiger partial charge is 0.123 e. The van der Waals surface area contributed by atoms with Crippen LogP contribution in [0, 0.1) is 5.82 Å². The Morgan fingerprint density at radius 3 is 3.00 bits per heavy atom. The highest BCUT2D eigenvalue weighted by atomic mass is 79.9. The van der Waals surface area contributed by atoms with Crippen LogP contribution in [0.3, 0.4) is 0 Å². The average Bonchev–Trinajstić information content (AvgIpc) is 2.38. The molecule has 1 atom stereocenters. The molecule has 0 radical (unpaired) electrons. The van der Waals surface area contributed by atoms with Gasteiger partial charge in [-0.3, -0.25) is 0 Å². The molecular weight excluding hydrogens is 309 g/mol. The molecule has 1 N–H and O–H groups in total. The summed E-state index contributed by atoms with van der Waals surface area (Å²) in [7, 11) is 0. The predicted molar refractivity (Wildman–Crippen MR) is 76.5 cm³/mol. The van der Waals surface area contributed by atoms with Crippen molar-refractivity contribution in [2.75, 3.05) is 6.61 Å². The molecule has 1 aromatic rings. The molecule has 1 unspecified atom stereocenters. The summed E-state index contributed by atoms with van der Waals surface area (Å²) in [4.78, 5) is 0.